The highest BCUT2D eigenvalue weighted by Crippen LogP contribution is 2.28. The van der Waals surface area contributed by atoms with E-state index >= 15 is 0 Å². The minimum absolute atomic E-state index is 0.274. The van der Waals surface area contributed by atoms with Crippen LogP contribution in [-0.2, 0) is 0 Å². The van der Waals surface area contributed by atoms with Crippen molar-refractivity contribution in [2.24, 2.45) is 0 Å². The maximum atomic E-state index is 11.9. The first kappa shape index (κ1) is 12.1. The number of hydrogen-bond acceptors (Lipinski definition) is 5. The zero-order valence-corrected chi connectivity index (χ0v) is 11.4. The molecule has 1 aromatic heterocycles. The number of amides is 2. The standard InChI is InChI=1S/C12H8ClN3O2S/c1-16-10(17)7-3-2-6(4-8(7)11(16)18)14-12-15-9(13)5-19-12/h2-5H,1H3,(H,14,15). The molecule has 0 saturated heterocycles. The third-order valence-electron chi connectivity index (χ3n) is 2.82. The van der Waals surface area contributed by atoms with Crippen molar-refractivity contribution >= 4 is 45.6 Å². The van der Waals surface area contributed by atoms with Gasteiger partial charge in [-0.15, -0.1) is 11.3 Å². The molecule has 2 amide bonds. The lowest BCUT2D eigenvalue weighted by molar-refractivity contribution is 0.0693. The third-order valence-corrected chi connectivity index (χ3v) is 3.90. The van der Waals surface area contributed by atoms with Gasteiger partial charge < -0.3 is 5.32 Å². The summed E-state index contributed by atoms with van der Waals surface area (Å²) in [6, 6.07) is 5.02. The molecule has 7 heteroatoms. The van der Waals surface area contributed by atoms with Gasteiger partial charge in [0.25, 0.3) is 11.8 Å². The third kappa shape index (κ3) is 1.98. The summed E-state index contributed by atoms with van der Waals surface area (Å²) >= 11 is 7.10. The lowest BCUT2D eigenvalue weighted by atomic mass is 10.1. The smallest absolute Gasteiger partial charge is 0.261 e. The topological polar surface area (TPSA) is 62.3 Å². The number of benzene rings is 1. The number of hydrogen-bond donors (Lipinski definition) is 1. The Morgan fingerprint density at radius 3 is 2.68 bits per heavy atom. The van der Waals surface area contributed by atoms with Crippen molar-refractivity contribution in [2.45, 2.75) is 0 Å². The first-order chi connectivity index (χ1) is 9.06. The largest absolute Gasteiger partial charge is 0.331 e. The molecular weight excluding hydrogens is 286 g/mol. The lowest BCUT2D eigenvalue weighted by Crippen LogP contribution is -2.24. The van der Waals surface area contributed by atoms with Crippen LogP contribution in [0.1, 0.15) is 20.7 Å². The van der Waals surface area contributed by atoms with Gasteiger partial charge in [-0.25, -0.2) is 4.98 Å². The SMILES string of the molecule is CN1C(=O)c2ccc(Nc3nc(Cl)cs3)cc2C1=O. The Morgan fingerprint density at radius 1 is 1.26 bits per heavy atom. The molecule has 96 valence electrons. The molecule has 0 spiro atoms. The number of anilines is 2. The van der Waals surface area contributed by atoms with Gasteiger partial charge >= 0.3 is 0 Å². The Bertz CT molecular complexity index is 698. The Morgan fingerprint density at radius 2 is 2.00 bits per heavy atom. The number of halogens is 1. The average Bonchev–Trinajstić information content (AvgIpc) is 2.89. The molecular formula is C12H8ClN3O2S. The van der Waals surface area contributed by atoms with Gasteiger partial charge in [-0.05, 0) is 18.2 Å². The highest BCUT2D eigenvalue weighted by molar-refractivity contribution is 7.14. The number of imide groups is 1. The first-order valence-corrected chi connectivity index (χ1v) is 6.66. The van der Waals surface area contributed by atoms with E-state index in [1.807, 2.05) is 0 Å². The highest BCUT2D eigenvalue weighted by atomic mass is 35.5. The Hall–Kier alpha value is -1.92. The first-order valence-electron chi connectivity index (χ1n) is 5.41. The van der Waals surface area contributed by atoms with Gasteiger partial charge in [-0.2, -0.15) is 0 Å². The number of thiazole rings is 1. The van der Waals surface area contributed by atoms with E-state index in [-0.39, 0.29) is 11.8 Å². The number of carbonyl (C=O) groups excluding carboxylic acids is 2. The van der Waals surface area contributed by atoms with E-state index in [1.165, 1.54) is 18.4 Å². The van der Waals surface area contributed by atoms with Gasteiger partial charge in [0.2, 0.25) is 0 Å². The molecule has 1 aliphatic heterocycles. The molecule has 0 atom stereocenters. The maximum absolute atomic E-state index is 11.9. The van der Waals surface area contributed by atoms with Crippen LogP contribution in [0.25, 0.3) is 0 Å². The summed E-state index contributed by atoms with van der Waals surface area (Å²) in [5, 5.41) is 5.80. The fourth-order valence-corrected chi connectivity index (χ4v) is 2.73. The van der Waals surface area contributed by atoms with Crippen molar-refractivity contribution in [2.75, 3.05) is 12.4 Å². The van der Waals surface area contributed by atoms with Crippen LogP contribution in [0, 0.1) is 0 Å². The van der Waals surface area contributed by atoms with E-state index in [0.29, 0.717) is 27.1 Å². The van der Waals surface area contributed by atoms with E-state index in [9.17, 15) is 9.59 Å². The number of rotatable bonds is 2. The van der Waals surface area contributed by atoms with Gasteiger partial charge in [-0.1, -0.05) is 11.6 Å². The molecule has 2 aromatic rings. The quantitative estimate of drug-likeness (QED) is 0.865. The number of carbonyl (C=O) groups is 2. The summed E-state index contributed by atoms with van der Waals surface area (Å²) in [5.41, 5.74) is 1.52. The molecule has 1 aromatic carbocycles. The van der Waals surface area contributed by atoms with Crippen LogP contribution < -0.4 is 5.32 Å². The summed E-state index contributed by atoms with van der Waals surface area (Å²) < 4.78 is 0. The number of fused-ring (bicyclic) bond motifs is 1. The maximum Gasteiger partial charge on any atom is 0.261 e. The molecule has 1 aliphatic rings. The molecule has 0 saturated carbocycles. The van der Waals surface area contributed by atoms with Crippen molar-refractivity contribution in [3.63, 3.8) is 0 Å². The van der Waals surface area contributed by atoms with Crippen molar-refractivity contribution in [3.8, 4) is 0 Å². The van der Waals surface area contributed by atoms with Crippen molar-refractivity contribution < 1.29 is 9.59 Å². The lowest BCUT2D eigenvalue weighted by Gasteiger charge is -2.03. The van der Waals surface area contributed by atoms with E-state index in [4.69, 9.17) is 11.6 Å². The van der Waals surface area contributed by atoms with Gasteiger partial charge in [0, 0.05) is 18.1 Å². The van der Waals surface area contributed by atoms with Gasteiger partial charge in [0.05, 0.1) is 11.1 Å². The number of nitrogens with zero attached hydrogens (tertiary/aromatic N) is 2. The summed E-state index contributed by atoms with van der Waals surface area (Å²) in [6.45, 7) is 0. The molecule has 0 aliphatic carbocycles. The fraction of sp³-hybridized carbons (Fsp3) is 0.0833. The molecule has 0 unspecified atom stereocenters. The Labute approximate surface area is 117 Å². The zero-order chi connectivity index (χ0) is 13.6. The Balaban J connectivity index is 1.95. The molecule has 19 heavy (non-hydrogen) atoms. The van der Waals surface area contributed by atoms with Gasteiger partial charge in [-0.3, -0.25) is 14.5 Å². The molecule has 0 bridgehead atoms. The van der Waals surface area contributed by atoms with E-state index in [2.05, 4.69) is 10.3 Å². The molecule has 3 rings (SSSR count). The number of nitrogens with one attached hydrogen (secondary N) is 1. The minimum atomic E-state index is -0.291. The van der Waals surface area contributed by atoms with E-state index < -0.39 is 0 Å². The molecule has 0 radical (unpaired) electrons. The predicted molar refractivity (Wildman–Crippen MR) is 73.3 cm³/mol. The van der Waals surface area contributed by atoms with Crippen molar-refractivity contribution in [3.05, 3.63) is 39.9 Å². The van der Waals surface area contributed by atoms with Crippen molar-refractivity contribution in [1.82, 2.24) is 9.88 Å². The summed E-state index contributed by atoms with van der Waals surface area (Å²) in [5.74, 6) is -0.565. The average molecular weight is 294 g/mol. The predicted octanol–water partition coefficient (Wildman–Crippen LogP) is 2.77. The van der Waals surface area contributed by atoms with Gasteiger partial charge in [0.1, 0.15) is 5.15 Å². The Kier molecular flexibility index (Phi) is 2.76. The highest BCUT2D eigenvalue weighted by Gasteiger charge is 2.32. The number of aromatic nitrogens is 1. The molecule has 5 nitrogen and oxygen atoms in total. The van der Waals surface area contributed by atoms with Gasteiger partial charge in [0.15, 0.2) is 5.13 Å². The summed E-state index contributed by atoms with van der Waals surface area (Å²) in [4.78, 5) is 28.8. The second kappa shape index (κ2) is 4.32. The fourth-order valence-electron chi connectivity index (χ4n) is 1.87. The van der Waals surface area contributed by atoms with Crippen LogP contribution in [0.5, 0.6) is 0 Å². The van der Waals surface area contributed by atoms with Crippen molar-refractivity contribution in [1.29, 1.82) is 0 Å². The monoisotopic (exact) mass is 293 g/mol. The summed E-state index contributed by atoms with van der Waals surface area (Å²) in [6.07, 6.45) is 0. The van der Waals surface area contributed by atoms with Crippen LogP contribution in [0.3, 0.4) is 0 Å². The molecule has 1 N–H and O–H groups in total. The van der Waals surface area contributed by atoms with Crippen LogP contribution in [0.2, 0.25) is 5.15 Å². The van der Waals surface area contributed by atoms with E-state index in [0.717, 1.165) is 4.90 Å². The van der Waals surface area contributed by atoms with Crippen LogP contribution >= 0.6 is 22.9 Å². The van der Waals surface area contributed by atoms with Crippen LogP contribution in [0.15, 0.2) is 23.6 Å². The van der Waals surface area contributed by atoms with E-state index in [1.54, 1.807) is 23.6 Å². The second-order valence-corrected chi connectivity index (χ2v) is 5.28. The normalized spacial score (nSPS) is 13.9. The second-order valence-electron chi connectivity index (χ2n) is 4.03. The molecule has 2 heterocycles. The zero-order valence-electron chi connectivity index (χ0n) is 9.81. The summed E-state index contributed by atoms with van der Waals surface area (Å²) in [7, 11) is 1.47. The minimum Gasteiger partial charge on any atom is -0.331 e. The van der Waals surface area contributed by atoms with Crippen LogP contribution in [-0.4, -0.2) is 28.7 Å². The van der Waals surface area contributed by atoms with Crippen LogP contribution in [0.4, 0.5) is 10.8 Å². The molecule has 0 fully saturated rings.